The molecule has 0 aromatic heterocycles. The molecule has 1 fully saturated rings. The molecule has 1 aromatic carbocycles. The summed E-state index contributed by atoms with van der Waals surface area (Å²) in [5, 5.41) is 39.8. The van der Waals surface area contributed by atoms with Gasteiger partial charge in [-0.1, -0.05) is 12.1 Å². The maximum atomic E-state index is 12.8. The van der Waals surface area contributed by atoms with Gasteiger partial charge in [0.1, 0.15) is 11.4 Å². The van der Waals surface area contributed by atoms with Crippen LogP contribution in [-0.4, -0.2) is 81.4 Å². The number of aliphatic hydroxyl groups excluding tert-OH is 1. The third kappa shape index (κ3) is 3.16. The van der Waals surface area contributed by atoms with E-state index in [1.54, 1.807) is 0 Å². The fourth-order valence-electron chi connectivity index (χ4n) is 3.39. The van der Waals surface area contributed by atoms with E-state index in [1.165, 1.54) is 24.3 Å². The molecule has 2 heterocycles. The SMILES string of the molecule is CO[C@@]1(NC(=O)[C@H](C(=O)O)c2ccc(O)cc2)C(=O)N2C(C(=O)O)=C(CO)CO[C@@H]21. The molecule has 0 spiro atoms. The van der Waals surface area contributed by atoms with Crippen LogP contribution in [0.5, 0.6) is 5.75 Å². The number of methoxy groups -OCH3 is 1. The second-order valence-corrected chi connectivity index (χ2v) is 6.55. The highest BCUT2D eigenvalue weighted by Gasteiger charge is 2.68. The van der Waals surface area contributed by atoms with Crippen LogP contribution in [0.4, 0.5) is 0 Å². The van der Waals surface area contributed by atoms with Gasteiger partial charge in [-0.05, 0) is 17.7 Å². The van der Waals surface area contributed by atoms with E-state index < -0.39 is 53.9 Å². The second-order valence-electron chi connectivity index (χ2n) is 6.55. The third-order valence-electron chi connectivity index (χ3n) is 4.87. The molecule has 2 aliphatic heterocycles. The Hall–Kier alpha value is -3.48. The van der Waals surface area contributed by atoms with Crippen molar-refractivity contribution in [3.05, 3.63) is 41.1 Å². The van der Waals surface area contributed by atoms with Crippen LogP contribution in [0, 0.1) is 0 Å². The first-order valence-corrected chi connectivity index (χ1v) is 8.58. The van der Waals surface area contributed by atoms with Crippen molar-refractivity contribution in [3.8, 4) is 5.75 Å². The largest absolute Gasteiger partial charge is 0.508 e. The highest BCUT2D eigenvalue weighted by molar-refractivity contribution is 6.07. The van der Waals surface area contributed by atoms with Crippen LogP contribution in [0.3, 0.4) is 0 Å². The lowest BCUT2D eigenvalue weighted by molar-refractivity contribution is -0.258. The summed E-state index contributed by atoms with van der Waals surface area (Å²) in [6, 6.07) is 4.87. The number of β-lactam (4-membered cyclic amide) rings is 1. The van der Waals surface area contributed by atoms with Crippen molar-refractivity contribution >= 4 is 23.8 Å². The summed E-state index contributed by atoms with van der Waals surface area (Å²) in [4.78, 5) is 49.5. The molecule has 2 aliphatic rings. The number of aliphatic hydroxyl groups is 1. The van der Waals surface area contributed by atoms with Crippen molar-refractivity contribution in [1.29, 1.82) is 0 Å². The lowest BCUT2D eigenvalue weighted by atomic mass is 9.92. The standard InChI is InChI=1S/C18H18N2O10/c1-29-18(16(28)20-12(15(26)27)9(6-21)7-30-17(18)20)19-13(23)11(14(24)25)8-2-4-10(22)5-3-8/h2-5,11,17,21-22H,6-7H2,1H3,(H,19,23)(H,24,25)(H,26,27)/t11-,17-,18+/m1/s1. The maximum Gasteiger partial charge on any atom is 0.352 e. The Labute approximate surface area is 168 Å². The quantitative estimate of drug-likeness (QED) is 0.198. The van der Waals surface area contributed by atoms with E-state index in [9.17, 15) is 39.6 Å². The molecular weight excluding hydrogens is 404 g/mol. The van der Waals surface area contributed by atoms with Crippen molar-refractivity contribution < 1.29 is 49.1 Å². The Morgan fingerprint density at radius 1 is 1.30 bits per heavy atom. The number of ether oxygens (including phenoxy) is 2. The molecule has 1 aromatic rings. The summed E-state index contributed by atoms with van der Waals surface area (Å²) in [6.07, 6.45) is -1.38. The molecule has 5 N–H and O–H groups in total. The van der Waals surface area contributed by atoms with Gasteiger partial charge in [-0.15, -0.1) is 0 Å². The Kier molecular flexibility index (Phi) is 5.48. The van der Waals surface area contributed by atoms with E-state index >= 15 is 0 Å². The predicted octanol–water partition coefficient (Wildman–Crippen LogP) is -1.45. The zero-order valence-corrected chi connectivity index (χ0v) is 15.6. The lowest BCUT2D eigenvalue weighted by Gasteiger charge is -2.55. The smallest absolute Gasteiger partial charge is 0.352 e. The first kappa shape index (κ1) is 21.2. The van der Waals surface area contributed by atoms with E-state index in [2.05, 4.69) is 5.32 Å². The van der Waals surface area contributed by atoms with Gasteiger partial charge in [-0.2, -0.15) is 0 Å². The third-order valence-corrected chi connectivity index (χ3v) is 4.87. The average Bonchev–Trinajstić information content (AvgIpc) is 2.71. The number of fused-ring (bicyclic) bond motifs is 1. The summed E-state index contributed by atoms with van der Waals surface area (Å²) >= 11 is 0. The number of aliphatic carboxylic acids is 2. The van der Waals surface area contributed by atoms with Gasteiger partial charge in [-0.25, -0.2) is 4.79 Å². The Bertz CT molecular complexity index is 941. The van der Waals surface area contributed by atoms with E-state index in [-0.39, 0.29) is 23.5 Å². The first-order chi connectivity index (χ1) is 14.2. The summed E-state index contributed by atoms with van der Waals surface area (Å²) in [5.41, 5.74) is -2.65. The summed E-state index contributed by atoms with van der Waals surface area (Å²) in [5.74, 6) is -6.99. The molecule has 0 unspecified atom stereocenters. The minimum atomic E-state index is -2.15. The zero-order chi connectivity index (χ0) is 22.2. The van der Waals surface area contributed by atoms with Gasteiger partial charge in [-0.3, -0.25) is 19.3 Å². The zero-order valence-electron chi connectivity index (χ0n) is 15.6. The molecule has 3 rings (SSSR count). The number of aromatic hydroxyl groups is 1. The van der Waals surface area contributed by atoms with Gasteiger partial charge >= 0.3 is 11.9 Å². The topological polar surface area (TPSA) is 183 Å². The van der Waals surface area contributed by atoms with E-state index in [0.717, 1.165) is 12.0 Å². The summed E-state index contributed by atoms with van der Waals surface area (Å²) < 4.78 is 10.6. The van der Waals surface area contributed by atoms with Crippen LogP contribution in [0.2, 0.25) is 0 Å². The normalized spacial score (nSPS) is 24.0. The highest BCUT2D eigenvalue weighted by Crippen LogP contribution is 2.40. The van der Waals surface area contributed by atoms with Gasteiger partial charge in [0.2, 0.25) is 5.91 Å². The van der Waals surface area contributed by atoms with E-state index in [0.29, 0.717) is 0 Å². The number of rotatable bonds is 7. The fraction of sp³-hybridized carbons (Fsp3) is 0.333. The number of carbonyl (C=O) groups excluding carboxylic acids is 2. The Morgan fingerprint density at radius 3 is 2.43 bits per heavy atom. The number of phenolic OH excluding ortho intramolecular Hbond substituents is 1. The predicted molar refractivity (Wildman–Crippen MR) is 94.7 cm³/mol. The van der Waals surface area contributed by atoms with Crippen molar-refractivity contribution in [2.75, 3.05) is 20.3 Å². The van der Waals surface area contributed by atoms with Gasteiger partial charge in [0.25, 0.3) is 11.6 Å². The summed E-state index contributed by atoms with van der Waals surface area (Å²) in [7, 11) is 1.07. The second kappa shape index (κ2) is 7.74. The van der Waals surface area contributed by atoms with Gasteiger partial charge in [0, 0.05) is 12.7 Å². The Balaban J connectivity index is 1.91. The lowest BCUT2D eigenvalue weighted by Crippen LogP contribution is -2.82. The molecule has 0 saturated carbocycles. The van der Waals surface area contributed by atoms with Crippen molar-refractivity contribution in [3.63, 3.8) is 0 Å². The molecule has 30 heavy (non-hydrogen) atoms. The maximum absolute atomic E-state index is 12.8. The molecule has 12 nitrogen and oxygen atoms in total. The van der Waals surface area contributed by atoms with Crippen LogP contribution in [-0.2, 0) is 28.7 Å². The molecular formula is C18H18N2O10. The monoisotopic (exact) mass is 422 g/mol. The Morgan fingerprint density at radius 2 is 1.93 bits per heavy atom. The number of carboxylic acid groups (broad SMARTS) is 2. The number of carbonyl (C=O) groups is 4. The fourth-order valence-corrected chi connectivity index (χ4v) is 3.39. The van der Waals surface area contributed by atoms with E-state index in [1.807, 2.05) is 0 Å². The van der Waals surface area contributed by atoms with Crippen LogP contribution in [0.1, 0.15) is 11.5 Å². The van der Waals surface area contributed by atoms with Crippen LogP contribution in [0.15, 0.2) is 35.5 Å². The first-order valence-electron chi connectivity index (χ1n) is 8.58. The average molecular weight is 422 g/mol. The van der Waals surface area contributed by atoms with E-state index in [4.69, 9.17) is 9.47 Å². The van der Waals surface area contributed by atoms with Crippen molar-refractivity contribution in [2.24, 2.45) is 0 Å². The van der Waals surface area contributed by atoms with Gasteiger partial charge in [0.05, 0.1) is 13.2 Å². The van der Waals surface area contributed by atoms with Crippen LogP contribution >= 0.6 is 0 Å². The summed E-state index contributed by atoms with van der Waals surface area (Å²) in [6.45, 7) is -1.000. The number of nitrogens with one attached hydrogen (secondary N) is 1. The molecule has 0 bridgehead atoms. The number of carboxylic acids is 2. The van der Waals surface area contributed by atoms with Crippen molar-refractivity contribution in [2.45, 2.75) is 17.9 Å². The number of benzene rings is 1. The molecule has 160 valence electrons. The highest BCUT2D eigenvalue weighted by atomic mass is 16.6. The minimum Gasteiger partial charge on any atom is -0.508 e. The molecule has 3 atom stereocenters. The molecule has 2 amide bonds. The number of hydrogen-bond donors (Lipinski definition) is 5. The van der Waals surface area contributed by atoms with Gasteiger partial charge < -0.3 is 35.2 Å². The molecule has 0 aliphatic carbocycles. The van der Waals surface area contributed by atoms with Gasteiger partial charge in [0.15, 0.2) is 12.1 Å². The molecule has 12 heteroatoms. The minimum absolute atomic E-state index is 0.0333. The molecule has 0 radical (unpaired) electrons. The number of nitrogens with zero attached hydrogens (tertiary/aromatic N) is 1. The number of hydrogen-bond acceptors (Lipinski definition) is 8. The van der Waals surface area contributed by atoms with Crippen molar-refractivity contribution in [1.82, 2.24) is 10.2 Å². The number of amides is 2. The van der Waals surface area contributed by atoms with Crippen LogP contribution in [0.25, 0.3) is 0 Å². The van der Waals surface area contributed by atoms with Crippen LogP contribution < -0.4 is 5.32 Å². The number of phenols is 1. The molecule has 1 saturated heterocycles.